The fraction of sp³-hybridized carbons (Fsp3) is 0.632. The smallest absolute Gasteiger partial charge is 0.315 e. The Morgan fingerprint density at radius 1 is 1.12 bits per heavy atom. The lowest BCUT2D eigenvalue weighted by molar-refractivity contribution is 0.0737. The van der Waals surface area contributed by atoms with Crippen LogP contribution in [0.3, 0.4) is 0 Å². The van der Waals surface area contributed by atoms with Gasteiger partial charge in [-0.1, -0.05) is 18.2 Å². The first-order valence-electron chi connectivity index (χ1n) is 9.45. The molecule has 1 atom stereocenters. The summed E-state index contributed by atoms with van der Waals surface area (Å²) in [7, 11) is 0. The second kappa shape index (κ2) is 9.16. The van der Waals surface area contributed by atoms with Crippen molar-refractivity contribution in [2.24, 2.45) is 5.92 Å². The molecule has 2 saturated heterocycles. The molecule has 2 heterocycles. The van der Waals surface area contributed by atoms with Gasteiger partial charge in [-0.05, 0) is 37.3 Å². The third-order valence-electron chi connectivity index (χ3n) is 5.28. The van der Waals surface area contributed by atoms with Gasteiger partial charge in [0.15, 0.2) is 0 Å². The van der Waals surface area contributed by atoms with Crippen LogP contribution in [0.25, 0.3) is 0 Å². The number of hydrogen-bond donors (Lipinski definition) is 2. The summed E-state index contributed by atoms with van der Waals surface area (Å²) in [6, 6.07) is 10.3. The third-order valence-corrected chi connectivity index (χ3v) is 5.28. The number of rotatable bonds is 6. The Morgan fingerprint density at radius 3 is 2.54 bits per heavy atom. The standard InChI is InChI=1S/C19H28F2N4O/c20-18(21)14-24-9-7-16(8-10-24)23-19(26)22-12-15-6-11-25(13-15)17-4-2-1-3-5-17/h1-5,15-16,18H,6-14H2,(H2,22,23,26). The molecular weight excluding hydrogens is 338 g/mol. The zero-order chi connectivity index (χ0) is 18.4. The van der Waals surface area contributed by atoms with E-state index in [2.05, 4.69) is 27.7 Å². The molecule has 2 amide bonds. The summed E-state index contributed by atoms with van der Waals surface area (Å²) in [5, 5.41) is 5.96. The van der Waals surface area contributed by atoms with E-state index < -0.39 is 6.43 Å². The maximum atomic E-state index is 12.4. The van der Waals surface area contributed by atoms with Crippen molar-refractivity contribution in [1.82, 2.24) is 15.5 Å². The molecule has 0 aliphatic carbocycles. The SMILES string of the molecule is O=C(NCC1CCN(c2ccccc2)C1)NC1CCN(CC(F)F)CC1. The van der Waals surface area contributed by atoms with E-state index in [-0.39, 0.29) is 18.6 Å². The molecule has 0 spiro atoms. The van der Waals surface area contributed by atoms with Crippen LogP contribution in [0.15, 0.2) is 30.3 Å². The highest BCUT2D eigenvalue weighted by atomic mass is 19.3. The first-order chi connectivity index (χ1) is 12.6. The lowest BCUT2D eigenvalue weighted by Gasteiger charge is -2.32. The second-order valence-corrected chi connectivity index (χ2v) is 7.26. The minimum Gasteiger partial charge on any atom is -0.371 e. The summed E-state index contributed by atoms with van der Waals surface area (Å²) in [6.45, 7) is 3.70. The molecule has 7 heteroatoms. The molecule has 144 valence electrons. The summed E-state index contributed by atoms with van der Waals surface area (Å²) in [4.78, 5) is 16.2. The predicted octanol–water partition coefficient (Wildman–Crippen LogP) is 2.54. The highest BCUT2D eigenvalue weighted by Crippen LogP contribution is 2.22. The van der Waals surface area contributed by atoms with E-state index in [9.17, 15) is 13.6 Å². The molecule has 3 rings (SSSR count). The molecule has 2 N–H and O–H groups in total. The lowest BCUT2D eigenvalue weighted by Crippen LogP contribution is -2.49. The zero-order valence-electron chi connectivity index (χ0n) is 15.0. The first-order valence-corrected chi connectivity index (χ1v) is 9.45. The summed E-state index contributed by atoms with van der Waals surface area (Å²) >= 11 is 0. The van der Waals surface area contributed by atoms with Crippen LogP contribution < -0.4 is 15.5 Å². The molecular formula is C19H28F2N4O. The molecule has 2 fully saturated rings. The van der Waals surface area contributed by atoms with Gasteiger partial charge >= 0.3 is 6.03 Å². The second-order valence-electron chi connectivity index (χ2n) is 7.26. The van der Waals surface area contributed by atoms with Gasteiger partial charge in [0.25, 0.3) is 6.43 Å². The van der Waals surface area contributed by atoms with E-state index >= 15 is 0 Å². The van der Waals surface area contributed by atoms with E-state index in [1.54, 1.807) is 4.90 Å². The number of likely N-dealkylation sites (tertiary alicyclic amines) is 1. The molecule has 0 aromatic heterocycles. The Morgan fingerprint density at radius 2 is 1.85 bits per heavy atom. The maximum absolute atomic E-state index is 12.4. The topological polar surface area (TPSA) is 47.6 Å². The van der Waals surface area contributed by atoms with Crippen molar-refractivity contribution >= 4 is 11.7 Å². The molecule has 0 bridgehead atoms. The quantitative estimate of drug-likeness (QED) is 0.813. The highest BCUT2D eigenvalue weighted by Gasteiger charge is 2.25. The van der Waals surface area contributed by atoms with Gasteiger partial charge in [0.1, 0.15) is 0 Å². The number of hydrogen-bond acceptors (Lipinski definition) is 3. The van der Waals surface area contributed by atoms with Crippen molar-refractivity contribution in [1.29, 1.82) is 0 Å². The van der Waals surface area contributed by atoms with Crippen LogP contribution in [0.4, 0.5) is 19.3 Å². The molecule has 2 aliphatic heterocycles. The highest BCUT2D eigenvalue weighted by molar-refractivity contribution is 5.74. The third kappa shape index (κ3) is 5.56. The monoisotopic (exact) mass is 366 g/mol. The van der Waals surface area contributed by atoms with Crippen molar-refractivity contribution < 1.29 is 13.6 Å². The number of nitrogens with one attached hydrogen (secondary N) is 2. The average molecular weight is 366 g/mol. The summed E-state index contributed by atoms with van der Waals surface area (Å²) in [5.74, 6) is 0.453. The molecule has 0 radical (unpaired) electrons. The van der Waals surface area contributed by atoms with E-state index in [0.29, 0.717) is 25.6 Å². The number of benzene rings is 1. The van der Waals surface area contributed by atoms with Crippen molar-refractivity contribution in [3.05, 3.63) is 30.3 Å². The number of carbonyl (C=O) groups excluding carboxylic acids is 1. The van der Waals surface area contributed by atoms with Crippen LogP contribution in [0.2, 0.25) is 0 Å². The van der Waals surface area contributed by atoms with Crippen LogP contribution in [-0.4, -0.2) is 62.7 Å². The van der Waals surface area contributed by atoms with Gasteiger partial charge in [-0.2, -0.15) is 0 Å². The van der Waals surface area contributed by atoms with Crippen LogP contribution in [-0.2, 0) is 0 Å². The number of para-hydroxylation sites is 1. The van der Waals surface area contributed by atoms with Crippen molar-refractivity contribution in [3.8, 4) is 0 Å². The van der Waals surface area contributed by atoms with Gasteiger partial charge in [0.2, 0.25) is 0 Å². The fourth-order valence-corrected chi connectivity index (χ4v) is 3.80. The number of nitrogens with zero attached hydrogens (tertiary/aromatic N) is 2. The number of amides is 2. The van der Waals surface area contributed by atoms with E-state index in [0.717, 1.165) is 32.4 Å². The largest absolute Gasteiger partial charge is 0.371 e. The Hall–Kier alpha value is -1.89. The van der Waals surface area contributed by atoms with Gasteiger partial charge in [-0.25, -0.2) is 13.6 Å². The average Bonchev–Trinajstić information content (AvgIpc) is 3.11. The summed E-state index contributed by atoms with van der Waals surface area (Å²) < 4.78 is 24.8. The maximum Gasteiger partial charge on any atom is 0.315 e. The molecule has 1 unspecified atom stereocenters. The van der Waals surface area contributed by atoms with Gasteiger partial charge < -0.3 is 15.5 Å². The predicted molar refractivity (Wildman–Crippen MR) is 98.8 cm³/mol. The van der Waals surface area contributed by atoms with Crippen molar-refractivity contribution in [2.75, 3.05) is 44.2 Å². The number of piperidine rings is 1. The molecule has 26 heavy (non-hydrogen) atoms. The van der Waals surface area contributed by atoms with Crippen LogP contribution in [0, 0.1) is 5.92 Å². The summed E-state index contributed by atoms with van der Waals surface area (Å²) in [6.07, 6.45) is 0.238. The Kier molecular flexibility index (Phi) is 6.66. The van der Waals surface area contributed by atoms with Gasteiger partial charge in [0, 0.05) is 44.5 Å². The zero-order valence-corrected chi connectivity index (χ0v) is 15.0. The van der Waals surface area contributed by atoms with Crippen LogP contribution >= 0.6 is 0 Å². The molecule has 1 aromatic carbocycles. The first kappa shape index (κ1) is 18.9. The number of carbonyl (C=O) groups is 1. The Bertz CT molecular complexity index is 564. The van der Waals surface area contributed by atoms with E-state index in [1.165, 1.54) is 5.69 Å². The van der Waals surface area contributed by atoms with E-state index in [1.807, 2.05) is 18.2 Å². The van der Waals surface area contributed by atoms with Crippen LogP contribution in [0.5, 0.6) is 0 Å². The molecule has 2 aliphatic rings. The van der Waals surface area contributed by atoms with Gasteiger partial charge in [0.05, 0.1) is 6.54 Å². The number of alkyl halides is 2. The van der Waals surface area contributed by atoms with Crippen molar-refractivity contribution in [3.63, 3.8) is 0 Å². The summed E-state index contributed by atoms with van der Waals surface area (Å²) in [5.41, 5.74) is 1.23. The van der Waals surface area contributed by atoms with Gasteiger partial charge in [-0.3, -0.25) is 4.90 Å². The minimum atomic E-state index is -2.29. The Balaban J connectivity index is 1.33. The lowest BCUT2D eigenvalue weighted by atomic mass is 10.1. The van der Waals surface area contributed by atoms with Gasteiger partial charge in [-0.15, -0.1) is 0 Å². The molecule has 1 aromatic rings. The fourth-order valence-electron chi connectivity index (χ4n) is 3.80. The minimum absolute atomic E-state index is 0.0771. The number of halogens is 2. The number of anilines is 1. The molecule has 5 nitrogen and oxygen atoms in total. The Labute approximate surface area is 153 Å². The van der Waals surface area contributed by atoms with E-state index in [4.69, 9.17) is 0 Å². The van der Waals surface area contributed by atoms with Crippen LogP contribution in [0.1, 0.15) is 19.3 Å². The molecule has 0 saturated carbocycles. The number of urea groups is 1. The normalized spacial score (nSPS) is 22.0. The van der Waals surface area contributed by atoms with Crippen molar-refractivity contribution in [2.45, 2.75) is 31.7 Å².